The van der Waals surface area contributed by atoms with Gasteiger partial charge in [0.15, 0.2) is 5.65 Å². The molecule has 1 saturated heterocycles. The lowest BCUT2D eigenvalue weighted by Crippen LogP contribution is -2.17. The fraction of sp³-hybridized carbons (Fsp3) is 0.500. The van der Waals surface area contributed by atoms with Gasteiger partial charge in [-0.1, -0.05) is 0 Å². The molecule has 25 heavy (non-hydrogen) atoms. The van der Waals surface area contributed by atoms with Gasteiger partial charge in [0, 0.05) is 6.61 Å². The summed E-state index contributed by atoms with van der Waals surface area (Å²) >= 11 is 1.06. The Balaban J connectivity index is 1.60. The number of ether oxygens (including phenoxy) is 1. The lowest BCUT2D eigenvalue weighted by Gasteiger charge is -2.09. The summed E-state index contributed by atoms with van der Waals surface area (Å²) in [7, 11) is 0. The normalized spacial score (nSPS) is 18.3. The molecule has 0 unspecified atom stereocenters. The van der Waals surface area contributed by atoms with Gasteiger partial charge < -0.3 is 4.74 Å². The Bertz CT molecular complexity index is 888. The minimum atomic E-state index is -4.64. The average Bonchev–Trinajstić information content (AvgIpc) is 3.28. The van der Waals surface area contributed by atoms with Crippen molar-refractivity contribution in [3.63, 3.8) is 0 Å². The van der Waals surface area contributed by atoms with Crippen LogP contribution in [0.2, 0.25) is 0 Å². The molecule has 0 saturated carbocycles. The largest absolute Gasteiger partial charge is 0.453 e. The monoisotopic (exact) mass is 372 g/mol. The summed E-state index contributed by atoms with van der Waals surface area (Å²) in [5.74, 6) is -1.18. The first kappa shape index (κ1) is 16.2. The summed E-state index contributed by atoms with van der Waals surface area (Å²) in [4.78, 5) is 0. The highest BCUT2D eigenvalue weighted by atomic mass is 32.2. The Hall–Kier alpha value is -2.28. The van der Waals surface area contributed by atoms with Crippen molar-refractivity contribution in [2.45, 2.75) is 41.8 Å². The molecule has 1 aliphatic heterocycles. The Morgan fingerprint density at radius 3 is 2.88 bits per heavy atom. The number of fused-ring (bicyclic) bond motifs is 1. The van der Waals surface area contributed by atoms with Crippen LogP contribution in [-0.2, 0) is 17.5 Å². The van der Waals surface area contributed by atoms with E-state index in [9.17, 15) is 13.2 Å². The topological polar surface area (TPSA) is 95.9 Å². The molecule has 3 aromatic heterocycles. The molecule has 13 heteroatoms. The molecule has 0 aliphatic carbocycles. The first-order chi connectivity index (χ1) is 12.0. The van der Waals surface area contributed by atoms with Gasteiger partial charge in [0.1, 0.15) is 5.03 Å². The van der Waals surface area contributed by atoms with Crippen molar-refractivity contribution >= 4 is 17.4 Å². The maximum Gasteiger partial charge on any atom is 0.453 e. The van der Waals surface area contributed by atoms with Crippen molar-refractivity contribution in [1.82, 2.24) is 40.0 Å². The van der Waals surface area contributed by atoms with Gasteiger partial charge in [-0.25, -0.2) is 4.68 Å². The lowest BCUT2D eigenvalue weighted by atomic mass is 10.2. The molecule has 0 amide bonds. The van der Waals surface area contributed by atoms with Gasteiger partial charge in [-0.3, -0.25) is 0 Å². The van der Waals surface area contributed by atoms with E-state index in [0.29, 0.717) is 27.8 Å². The molecule has 0 radical (unpaired) electrons. The molecule has 0 bridgehead atoms. The molecule has 1 aliphatic rings. The van der Waals surface area contributed by atoms with Gasteiger partial charge in [0.2, 0.25) is 5.16 Å². The van der Waals surface area contributed by atoms with Crippen LogP contribution < -0.4 is 0 Å². The van der Waals surface area contributed by atoms with Crippen molar-refractivity contribution in [3.05, 3.63) is 18.0 Å². The predicted molar refractivity (Wildman–Crippen MR) is 76.7 cm³/mol. The minimum absolute atomic E-state index is 0.00984. The number of rotatable bonds is 4. The van der Waals surface area contributed by atoms with Crippen LogP contribution in [0.15, 0.2) is 22.3 Å². The molecular weight excluding hydrogens is 361 g/mol. The van der Waals surface area contributed by atoms with E-state index in [1.165, 1.54) is 6.07 Å². The molecule has 1 atom stereocenters. The molecule has 0 spiro atoms. The maximum atomic E-state index is 12.9. The summed E-state index contributed by atoms with van der Waals surface area (Å²) in [6, 6.07) is 2.95. The van der Waals surface area contributed by atoms with Crippen LogP contribution in [0.25, 0.3) is 5.65 Å². The molecule has 0 N–H and O–H groups in total. The number of halogens is 3. The first-order valence-corrected chi connectivity index (χ1v) is 8.17. The quantitative estimate of drug-likeness (QED) is 0.679. The van der Waals surface area contributed by atoms with E-state index in [2.05, 4.69) is 30.8 Å². The van der Waals surface area contributed by atoms with Crippen LogP contribution in [0.3, 0.4) is 0 Å². The van der Waals surface area contributed by atoms with Gasteiger partial charge in [0.25, 0.3) is 5.82 Å². The Morgan fingerprint density at radius 2 is 2.12 bits per heavy atom. The van der Waals surface area contributed by atoms with Crippen molar-refractivity contribution in [2.24, 2.45) is 0 Å². The van der Waals surface area contributed by atoms with E-state index in [-0.39, 0.29) is 11.8 Å². The molecule has 1 fully saturated rings. The first-order valence-electron chi connectivity index (χ1n) is 7.36. The van der Waals surface area contributed by atoms with Crippen LogP contribution in [0.4, 0.5) is 13.2 Å². The summed E-state index contributed by atoms with van der Waals surface area (Å²) in [6.45, 7) is 1.19. The summed E-state index contributed by atoms with van der Waals surface area (Å²) < 4.78 is 46.6. The Labute approximate surface area is 142 Å². The van der Waals surface area contributed by atoms with Gasteiger partial charge in [-0.05, 0) is 47.2 Å². The second-order valence-corrected chi connectivity index (χ2v) is 6.33. The third-order valence-electron chi connectivity index (χ3n) is 3.59. The zero-order valence-electron chi connectivity index (χ0n) is 12.6. The summed E-state index contributed by atoms with van der Waals surface area (Å²) in [5, 5.41) is 22.7. The molecule has 9 nitrogen and oxygen atoms in total. The SMILES string of the molecule is FC(F)(F)c1nnc2ccc(Sc3nnnn3C[C@@H]3CCCO3)nn12. The van der Waals surface area contributed by atoms with E-state index >= 15 is 0 Å². The Morgan fingerprint density at radius 1 is 1.24 bits per heavy atom. The van der Waals surface area contributed by atoms with Crippen LogP contribution >= 0.6 is 11.8 Å². The van der Waals surface area contributed by atoms with E-state index in [4.69, 9.17) is 4.74 Å². The van der Waals surface area contributed by atoms with Gasteiger partial charge in [0.05, 0.1) is 12.6 Å². The van der Waals surface area contributed by atoms with E-state index in [1.54, 1.807) is 10.7 Å². The minimum Gasteiger partial charge on any atom is -0.376 e. The van der Waals surface area contributed by atoms with Crippen LogP contribution in [-0.4, -0.2) is 52.7 Å². The number of hydrogen-bond donors (Lipinski definition) is 0. The molecule has 0 aromatic carbocycles. The number of nitrogens with zero attached hydrogens (tertiary/aromatic N) is 8. The summed E-state index contributed by atoms with van der Waals surface area (Å²) in [5.41, 5.74) is 0.00984. The van der Waals surface area contributed by atoms with Crippen molar-refractivity contribution in [1.29, 1.82) is 0 Å². The van der Waals surface area contributed by atoms with Crippen LogP contribution in [0.5, 0.6) is 0 Å². The molecular formula is C12H11F3N8OS. The molecule has 4 rings (SSSR count). The highest BCUT2D eigenvalue weighted by Crippen LogP contribution is 2.29. The van der Waals surface area contributed by atoms with Gasteiger partial charge in [-0.15, -0.1) is 15.3 Å². The van der Waals surface area contributed by atoms with E-state index in [0.717, 1.165) is 24.6 Å². The van der Waals surface area contributed by atoms with E-state index < -0.39 is 12.0 Å². The number of alkyl halides is 3. The van der Waals surface area contributed by atoms with Gasteiger partial charge in [-0.2, -0.15) is 22.8 Å². The Kier molecular flexibility index (Phi) is 4.03. The number of hydrogen-bond acceptors (Lipinski definition) is 8. The molecule has 3 aromatic rings. The second kappa shape index (κ2) is 6.22. The zero-order valence-corrected chi connectivity index (χ0v) is 13.4. The highest BCUT2D eigenvalue weighted by molar-refractivity contribution is 7.99. The van der Waals surface area contributed by atoms with Crippen LogP contribution in [0.1, 0.15) is 18.7 Å². The number of aromatic nitrogens is 8. The number of tetrazole rings is 1. The third kappa shape index (κ3) is 3.28. The maximum absolute atomic E-state index is 12.9. The standard InChI is InChI=1S/C12H11F3N8OS/c13-12(14,15)10-17-16-8-3-4-9(19-23(8)10)25-11-18-20-21-22(11)6-7-2-1-5-24-7/h3-4,7H,1-2,5-6H2/t7-/m0/s1. The fourth-order valence-corrected chi connectivity index (χ4v) is 3.20. The second-order valence-electron chi connectivity index (χ2n) is 5.34. The molecule has 4 heterocycles. The van der Waals surface area contributed by atoms with Crippen molar-refractivity contribution in [2.75, 3.05) is 6.61 Å². The van der Waals surface area contributed by atoms with Crippen molar-refractivity contribution in [3.8, 4) is 0 Å². The average molecular weight is 372 g/mol. The van der Waals surface area contributed by atoms with E-state index in [1.807, 2.05) is 0 Å². The van der Waals surface area contributed by atoms with Gasteiger partial charge >= 0.3 is 6.18 Å². The van der Waals surface area contributed by atoms with Crippen molar-refractivity contribution < 1.29 is 17.9 Å². The third-order valence-corrected chi connectivity index (χ3v) is 4.49. The zero-order chi connectivity index (χ0) is 17.4. The smallest absolute Gasteiger partial charge is 0.376 e. The predicted octanol–water partition coefficient (Wildman–Crippen LogP) is 1.46. The van der Waals surface area contributed by atoms with Crippen LogP contribution in [0, 0.1) is 0 Å². The molecule has 132 valence electrons. The summed E-state index contributed by atoms with van der Waals surface area (Å²) in [6.07, 6.45) is -2.70. The lowest BCUT2D eigenvalue weighted by molar-refractivity contribution is -0.146. The fourth-order valence-electron chi connectivity index (χ4n) is 2.46. The highest BCUT2D eigenvalue weighted by Gasteiger charge is 2.37.